The van der Waals surface area contributed by atoms with Gasteiger partial charge in [-0.15, -0.1) is 0 Å². The van der Waals surface area contributed by atoms with Gasteiger partial charge in [0.05, 0.1) is 7.11 Å². The molecule has 1 unspecified atom stereocenters. The van der Waals surface area contributed by atoms with Gasteiger partial charge in [-0.1, -0.05) is 32.1 Å². The first-order valence-corrected chi connectivity index (χ1v) is 8.47. The Balaban J connectivity index is 2.39. The van der Waals surface area contributed by atoms with E-state index in [1.165, 1.54) is 19.2 Å². The molecule has 0 spiro atoms. The summed E-state index contributed by atoms with van der Waals surface area (Å²) in [6.45, 7) is 3.10. The molecule has 0 bridgehead atoms. The molecule has 0 aliphatic heterocycles. The van der Waals surface area contributed by atoms with Crippen LogP contribution in [0.2, 0.25) is 0 Å². The van der Waals surface area contributed by atoms with Crippen molar-refractivity contribution in [3.63, 3.8) is 0 Å². The van der Waals surface area contributed by atoms with Crippen molar-refractivity contribution in [1.82, 2.24) is 0 Å². The molecule has 1 atom stereocenters. The topological polar surface area (TPSA) is 29.5 Å². The lowest BCUT2D eigenvalue weighted by molar-refractivity contribution is -0.266. The van der Waals surface area contributed by atoms with E-state index in [0.29, 0.717) is 12.0 Å². The highest BCUT2D eigenvalue weighted by molar-refractivity contribution is 5.40. The normalized spacial score (nSPS) is 17.6. The number of halogens is 4. The number of ether oxygens (including phenoxy) is 1. The summed E-state index contributed by atoms with van der Waals surface area (Å²) in [4.78, 5) is 0. The fourth-order valence-electron chi connectivity index (χ4n) is 3.43. The van der Waals surface area contributed by atoms with Gasteiger partial charge in [0.25, 0.3) is 0 Å². The van der Waals surface area contributed by atoms with E-state index in [0.717, 1.165) is 12.5 Å². The smallest absolute Gasteiger partial charge is 0.417 e. The van der Waals surface area contributed by atoms with E-state index < -0.39 is 35.9 Å². The fraction of sp³-hybridized carbons (Fsp3) is 0.500. The lowest BCUT2D eigenvalue weighted by Crippen LogP contribution is -2.49. The lowest BCUT2D eigenvalue weighted by atomic mass is 9.72. The van der Waals surface area contributed by atoms with Crippen LogP contribution in [-0.2, 0) is 5.41 Å². The molecule has 0 fully saturated rings. The van der Waals surface area contributed by atoms with Crippen LogP contribution < -0.4 is 4.74 Å². The molecule has 1 aromatic rings. The monoisotopic (exact) mass is 372 g/mol. The van der Waals surface area contributed by atoms with Gasteiger partial charge in [-0.25, -0.2) is 4.39 Å². The van der Waals surface area contributed by atoms with Crippen LogP contribution in [0.4, 0.5) is 17.6 Å². The molecule has 2 rings (SSSR count). The van der Waals surface area contributed by atoms with Crippen LogP contribution in [0.1, 0.15) is 45.1 Å². The van der Waals surface area contributed by atoms with Crippen LogP contribution in [0.5, 0.6) is 5.75 Å². The van der Waals surface area contributed by atoms with E-state index in [9.17, 15) is 22.7 Å². The maximum Gasteiger partial charge on any atom is 0.417 e. The van der Waals surface area contributed by atoms with Gasteiger partial charge in [0.1, 0.15) is 11.6 Å². The maximum absolute atomic E-state index is 13.8. The maximum atomic E-state index is 13.8. The van der Waals surface area contributed by atoms with Crippen LogP contribution in [-0.4, -0.2) is 24.0 Å². The van der Waals surface area contributed by atoms with Crippen molar-refractivity contribution in [1.29, 1.82) is 0 Å². The zero-order valence-electron chi connectivity index (χ0n) is 15.2. The molecular weight excluding hydrogens is 348 g/mol. The predicted molar refractivity (Wildman–Crippen MR) is 92.7 cm³/mol. The van der Waals surface area contributed by atoms with Gasteiger partial charge in [0.2, 0.25) is 0 Å². The van der Waals surface area contributed by atoms with Gasteiger partial charge in [0.15, 0.2) is 5.60 Å². The summed E-state index contributed by atoms with van der Waals surface area (Å²) < 4.78 is 60.2. The molecule has 1 aromatic carbocycles. The average molecular weight is 372 g/mol. The average Bonchev–Trinajstić information content (AvgIpc) is 2.54. The van der Waals surface area contributed by atoms with Gasteiger partial charge in [-0.3, -0.25) is 0 Å². The summed E-state index contributed by atoms with van der Waals surface area (Å²) in [5.41, 5.74) is -3.35. The second-order valence-electron chi connectivity index (χ2n) is 7.37. The minimum absolute atomic E-state index is 0.288. The standard InChI is InChI=1S/C20H24F4O2/c1-18(2,16-11-15(21)9-10-17(16)26-3)13-19(25,20(22,23)24)12-14-7-5-4-6-8-14/h5,7-11,25H,4,6,12-13H2,1-3H3. The summed E-state index contributed by atoms with van der Waals surface area (Å²) in [6.07, 6.45) is 0.593. The highest BCUT2D eigenvalue weighted by atomic mass is 19.4. The Kier molecular flexibility index (Phi) is 5.85. The van der Waals surface area contributed by atoms with Crippen LogP contribution in [0.15, 0.2) is 42.0 Å². The number of hydrogen-bond donors (Lipinski definition) is 1. The Labute approximate surface area is 151 Å². The molecule has 0 heterocycles. The van der Waals surface area contributed by atoms with E-state index in [4.69, 9.17) is 4.74 Å². The van der Waals surface area contributed by atoms with E-state index in [1.807, 2.05) is 0 Å². The van der Waals surface area contributed by atoms with E-state index in [-0.39, 0.29) is 11.3 Å². The first kappa shape index (κ1) is 20.5. The molecule has 1 aliphatic rings. The van der Waals surface area contributed by atoms with Crippen molar-refractivity contribution < 1.29 is 27.4 Å². The van der Waals surface area contributed by atoms with Crippen LogP contribution in [0, 0.1) is 5.82 Å². The molecule has 1 aliphatic carbocycles. The number of allylic oxidation sites excluding steroid dienone is 3. The summed E-state index contributed by atoms with van der Waals surface area (Å²) >= 11 is 0. The molecule has 6 heteroatoms. The van der Waals surface area contributed by atoms with Gasteiger partial charge in [-0.05, 0) is 48.4 Å². The van der Waals surface area contributed by atoms with Crippen molar-refractivity contribution in [3.8, 4) is 5.75 Å². The van der Waals surface area contributed by atoms with Crippen molar-refractivity contribution in [3.05, 3.63) is 53.4 Å². The minimum atomic E-state index is -4.82. The van der Waals surface area contributed by atoms with Crippen molar-refractivity contribution >= 4 is 0 Å². The van der Waals surface area contributed by atoms with Crippen LogP contribution >= 0.6 is 0 Å². The molecule has 2 nitrogen and oxygen atoms in total. The van der Waals surface area contributed by atoms with Gasteiger partial charge in [0, 0.05) is 12.0 Å². The molecular formula is C20H24F4O2. The fourth-order valence-corrected chi connectivity index (χ4v) is 3.43. The zero-order chi connectivity index (χ0) is 19.6. The Hall–Kier alpha value is -1.82. The van der Waals surface area contributed by atoms with Gasteiger partial charge in [-0.2, -0.15) is 13.2 Å². The zero-order valence-corrected chi connectivity index (χ0v) is 15.2. The van der Waals surface area contributed by atoms with Crippen LogP contribution in [0.3, 0.4) is 0 Å². The third-order valence-corrected chi connectivity index (χ3v) is 4.72. The minimum Gasteiger partial charge on any atom is -0.496 e. The molecule has 144 valence electrons. The first-order valence-electron chi connectivity index (χ1n) is 8.47. The largest absolute Gasteiger partial charge is 0.496 e. The Morgan fingerprint density at radius 3 is 2.38 bits per heavy atom. The summed E-state index contributed by atoms with van der Waals surface area (Å²) in [5, 5.41) is 10.6. The van der Waals surface area contributed by atoms with E-state index >= 15 is 0 Å². The summed E-state index contributed by atoms with van der Waals surface area (Å²) in [7, 11) is 1.38. The molecule has 0 saturated carbocycles. The van der Waals surface area contributed by atoms with Gasteiger partial charge < -0.3 is 9.84 Å². The number of benzene rings is 1. The Morgan fingerprint density at radius 1 is 1.15 bits per heavy atom. The third-order valence-electron chi connectivity index (χ3n) is 4.72. The number of aliphatic hydroxyl groups is 1. The molecule has 0 amide bonds. The molecule has 26 heavy (non-hydrogen) atoms. The van der Waals surface area contributed by atoms with Crippen molar-refractivity contribution in [2.45, 2.75) is 56.7 Å². The predicted octanol–water partition coefficient (Wildman–Crippen LogP) is 5.46. The van der Waals surface area contributed by atoms with E-state index in [2.05, 4.69) is 0 Å². The number of methoxy groups -OCH3 is 1. The highest BCUT2D eigenvalue weighted by Gasteiger charge is 2.56. The molecule has 1 N–H and O–H groups in total. The summed E-state index contributed by atoms with van der Waals surface area (Å²) in [6, 6.07) is 3.73. The Bertz CT molecular complexity index is 704. The summed E-state index contributed by atoms with van der Waals surface area (Å²) in [5.74, 6) is -0.278. The van der Waals surface area contributed by atoms with Crippen molar-refractivity contribution in [2.24, 2.45) is 0 Å². The van der Waals surface area contributed by atoms with Crippen LogP contribution in [0.25, 0.3) is 0 Å². The highest BCUT2D eigenvalue weighted by Crippen LogP contribution is 2.46. The second-order valence-corrected chi connectivity index (χ2v) is 7.37. The quantitative estimate of drug-likeness (QED) is 0.672. The molecule has 0 aromatic heterocycles. The molecule has 0 radical (unpaired) electrons. The van der Waals surface area contributed by atoms with Crippen molar-refractivity contribution in [2.75, 3.05) is 7.11 Å². The molecule has 0 saturated heterocycles. The number of hydrogen-bond acceptors (Lipinski definition) is 2. The third kappa shape index (κ3) is 4.47. The second kappa shape index (κ2) is 7.43. The SMILES string of the molecule is COc1ccc(F)cc1C(C)(C)CC(O)(CC1=CCCC=C1)C(F)(F)F. The number of rotatable bonds is 6. The van der Waals surface area contributed by atoms with Gasteiger partial charge >= 0.3 is 6.18 Å². The lowest BCUT2D eigenvalue weighted by Gasteiger charge is -2.39. The Morgan fingerprint density at radius 2 is 1.85 bits per heavy atom. The number of alkyl halides is 3. The first-order chi connectivity index (χ1) is 12.0. The van der Waals surface area contributed by atoms with E-state index in [1.54, 1.807) is 32.1 Å².